The maximum Gasteiger partial charge on any atom is 0.0635 e. The van der Waals surface area contributed by atoms with Crippen LogP contribution >= 0.6 is 15.9 Å². The van der Waals surface area contributed by atoms with Crippen LogP contribution in [0, 0.1) is 29.6 Å². The van der Waals surface area contributed by atoms with Crippen LogP contribution < -0.4 is 0 Å². The highest BCUT2D eigenvalue weighted by molar-refractivity contribution is 9.10. The van der Waals surface area contributed by atoms with Crippen LogP contribution in [0.4, 0.5) is 0 Å². The highest BCUT2D eigenvalue weighted by atomic mass is 79.9. The molecule has 0 fully saturated rings. The third-order valence-corrected chi connectivity index (χ3v) is 3.71. The molecule has 1 aromatic carbocycles. The summed E-state index contributed by atoms with van der Waals surface area (Å²) < 4.78 is 1.10. The Morgan fingerprint density at radius 3 is 2.33 bits per heavy atom. The van der Waals surface area contributed by atoms with Crippen molar-refractivity contribution in [2.75, 3.05) is 13.1 Å². The quantitative estimate of drug-likeness (QED) is 0.809. The molecule has 0 saturated heterocycles. The van der Waals surface area contributed by atoms with E-state index in [0.717, 1.165) is 11.0 Å². The van der Waals surface area contributed by atoms with Crippen molar-refractivity contribution in [2.45, 2.75) is 26.3 Å². The van der Waals surface area contributed by atoms with Crippen molar-refractivity contribution in [3.05, 3.63) is 33.8 Å². The van der Waals surface area contributed by atoms with Gasteiger partial charge in [0.05, 0.1) is 12.1 Å². The molecule has 0 unspecified atom stereocenters. The van der Waals surface area contributed by atoms with Gasteiger partial charge in [-0.2, -0.15) is 10.5 Å². The molecule has 0 saturated carbocycles. The monoisotopic (exact) mass is 305 g/mol. The summed E-state index contributed by atoms with van der Waals surface area (Å²) in [6.45, 7) is 4.29. The molecule has 0 bridgehead atoms. The fraction of sp³-hybridized carbons (Fsp3) is 0.429. The molecular formula is C14H16BrN3. The summed E-state index contributed by atoms with van der Waals surface area (Å²) in [7, 11) is 0. The van der Waals surface area contributed by atoms with E-state index in [-0.39, 0.29) is 0 Å². The molecule has 0 aliphatic carbocycles. The molecule has 0 radical (unpaired) electrons. The van der Waals surface area contributed by atoms with Crippen molar-refractivity contribution in [3.63, 3.8) is 0 Å². The normalized spacial score (nSPS) is 10.1. The zero-order valence-corrected chi connectivity index (χ0v) is 12.1. The molecule has 0 aliphatic heterocycles. The lowest BCUT2D eigenvalue weighted by Gasteiger charge is -2.21. The molecule has 4 heteroatoms. The molecule has 0 amide bonds. The Kier molecular flexibility index (Phi) is 6.43. The van der Waals surface area contributed by atoms with Crippen molar-refractivity contribution < 1.29 is 0 Å². The van der Waals surface area contributed by atoms with Crippen LogP contribution in [0.1, 0.15) is 24.0 Å². The lowest BCUT2D eigenvalue weighted by Crippen LogP contribution is -2.25. The van der Waals surface area contributed by atoms with Gasteiger partial charge in [0.25, 0.3) is 0 Å². The van der Waals surface area contributed by atoms with Crippen LogP contribution in [0.3, 0.4) is 0 Å². The number of rotatable bonds is 6. The van der Waals surface area contributed by atoms with Gasteiger partial charge in [-0.05, 0) is 24.1 Å². The minimum Gasteiger partial charge on any atom is -0.297 e. The maximum atomic E-state index is 8.66. The van der Waals surface area contributed by atoms with Crippen molar-refractivity contribution in [2.24, 2.45) is 0 Å². The van der Waals surface area contributed by atoms with E-state index in [1.54, 1.807) is 0 Å². The number of benzene rings is 1. The summed E-state index contributed by atoms with van der Waals surface area (Å²) in [4.78, 5) is 2.15. The Bertz CT molecular complexity index is 453. The Labute approximate surface area is 117 Å². The Balaban J connectivity index is 2.73. The van der Waals surface area contributed by atoms with E-state index in [4.69, 9.17) is 10.5 Å². The average Bonchev–Trinajstić information content (AvgIpc) is 2.38. The van der Waals surface area contributed by atoms with Crippen LogP contribution in [-0.4, -0.2) is 18.0 Å². The van der Waals surface area contributed by atoms with Gasteiger partial charge in [-0.1, -0.05) is 28.1 Å². The number of hydrogen-bond donors (Lipinski definition) is 0. The fourth-order valence-corrected chi connectivity index (χ4v) is 2.16. The van der Waals surface area contributed by atoms with E-state index in [2.05, 4.69) is 46.0 Å². The van der Waals surface area contributed by atoms with Crippen molar-refractivity contribution in [3.8, 4) is 12.1 Å². The zero-order chi connectivity index (χ0) is 13.4. The minimum atomic E-state index is 0.498. The molecule has 0 N–H and O–H groups in total. The summed E-state index contributed by atoms with van der Waals surface area (Å²) >= 11 is 3.52. The highest BCUT2D eigenvalue weighted by Crippen LogP contribution is 2.20. The van der Waals surface area contributed by atoms with Gasteiger partial charge in [0.2, 0.25) is 0 Å². The third kappa shape index (κ3) is 4.49. The average molecular weight is 306 g/mol. The molecule has 0 aliphatic rings. The van der Waals surface area contributed by atoms with Crippen LogP contribution in [-0.2, 0) is 6.54 Å². The standard InChI is InChI=1S/C14H16BrN3/c1-12-13(5-2-6-14(12)15)11-18(9-3-7-16)10-4-8-17/h2,5-6H,3-4,9-11H2,1H3. The molecule has 94 valence electrons. The Morgan fingerprint density at radius 1 is 1.17 bits per heavy atom. The number of nitrogens with zero attached hydrogens (tertiary/aromatic N) is 3. The van der Waals surface area contributed by atoms with Crippen molar-refractivity contribution in [1.82, 2.24) is 4.90 Å². The first-order valence-electron chi connectivity index (χ1n) is 5.89. The summed E-state index contributed by atoms with van der Waals surface area (Å²) in [6.07, 6.45) is 0.997. The van der Waals surface area contributed by atoms with Crippen LogP contribution in [0.5, 0.6) is 0 Å². The van der Waals surface area contributed by atoms with E-state index in [0.29, 0.717) is 25.9 Å². The number of nitriles is 2. The summed E-state index contributed by atoms with van der Waals surface area (Å²) in [6, 6.07) is 10.4. The lowest BCUT2D eigenvalue weighted by molar-refractivity contribution is 0.277. The van der Waals surface area contributed by atoms with Crippen LogP contribution in [0.25, 0.3) is 0 Å². The van der Waals surface area contributed by atoms with Gasteiger partial charge < -0.3 is 0 Å². The lowest BCUT2D eigenvalue weighted by atomic mass is 10.1. The van der Waals surface area contributed by atoms with Gasteiger partial charge in [-0.25, -0.2) is 0 Å². The fourth-order valence-electron chi connectivity index (χ4n) is 1.75. The van der Waals surface area contributed by atoms with Gasteiger partial charge in [-0.3, -0.25) is 4.90 Å². The topological polar surface area (TPSA) is 50.8 Å². The van der Waals surface area contributed by atoms with Crippen LogP contribution in [0.15, 0.2) is 22.7 Å². The Hall–Kier alpha value is -1.36. The first kappa shape index (κ1) is 14.7. The van der Waals surface area contributed by atoms with Gasteiger partial charge in [0.15, 0.2) is 0 Å². The van der Waals surface area contributed by atoms with Gasteiger partial charge in [0.1, 0.15) is 0 Å². The third-order valence-electron chi connectivity index (χ3n) is 2.85. The van der Waals surface area contributed by atoms with Crippen molar-refractivity contribution in [1.29, 1.82) is 10.5 Å². The molecule has 1 rings (SSSR count). The van der Waals surface area contributed by atoms with Gasteiger partial charge in [-0.15, -0.1) is 0 Å². The smallest absolute Gasteiger partial charge is 0.0635 e. The summed E-state index contributed by atoms with van der Waals surface area (Å²) in [5, 5.41) is 17.3. The van der Waals surface area contributed by atoms with E-state index in [1.165, 1.54) is 11.1 Å². The minimum absolute atomic E-state index is 0.498. The predicted molar refractivity (Wildman–Crippen MR) is 74.6 cm³/mol. The second-order valence-corrected chi connectivity index (χ2v) is 4.97. The number of halogens is 1. The molecular weight excluding hydrogens is 290 g/mol. The maximum absolute atomic E-state index is 8.66. The van der Waals surface area contributed by atoms with Crippen LogP contribution in [0.2, 0.25) is 0 Å². The van der Waals surface area contributed by atoms with Crippen molar-refractivity contribution >= 4 is 15.9 Å². The van der Waals surface area contributed by atoms with Gasteiger partial charge in [0, 0.05) is 36.9 Å². The zero-order valence-electron chi connectivity index (χ0n) is 10.5. The highest BCUT2D eigenvalue weighted by Gasteiger charge is 2.08. The first-order valence-corrected chi connectivity index (χ1v) is 6.68. The molecule has 1 aromatic rings. The Morgan fingerprint density at radius 2 is 1.78 bits per heavy atom. The second-order valence-electron chi connectivity index (χ2n) is 4.12. The van der Waals surface area contributed by atoms with E-state index in [9.17, 15) is 0 Å². The van der Waals surface area contributed by atoms with E-state index in [1.807, 2.05) is 12.1 Å². The molecule has 0 atom stereocenters. The van der Waals surface area contributed by atoms with E-state index >= 15 is 0 Å². The van der Waals surface area contributed by atoms with Gasteiger partial charge >= 0.3 is 0 Å². The molecule has 0 aromatic heterocycles. The molecule has 0 spiro atoms. The SMILES string of the molecule is Cc1c(Br)cccc1CN(CCC#N)CCC#N. The summed E-state index contributed by atoms with van der Waals surface area (Å²) in [5.41, 5.74) is 2.46. The predicted octanol–water partition coefficient (Wildman–Crippen LogP) is 3.39. The molecule has 0 heterocycles. The molecule has 18 heavy (non-hydrogen) atoms. The molecule has 3 nitrogen and oxygen atoms in total. The first-order chi connectivity index (χ1) is 8.69. The largest absolute Gasteiger partial charge is 0.297 e. The van der Waals surface area contributed by atoms with E-state index < -0.39 is 0 Å². The second kappa shape index (κ2) is 7.87. The number of hydrogen-bond acceptors (Lipinski definition) is 3. The summed E-state index contributed by atoms with van der Waals surface area (Å²) in [5.74, 6) is 0.